The summed E-state index contributed by atoms with van der Waals surface area (Å²) < 4.78 is 1.24. The Kier molecular flexibility index (Phi) is 2.30. The molecule has 3 nitrogen and oxygen atoms in total. The van der Waals surface area contributed by atoms with Gasteiger partial charge in [-0.3, -0.25) is 10.4 Å². The van der Waals surface area contributed by atoms with Crippen LogP contribution in [0.4, 0.5) is 5.69 Å². The quantitative estimate of drug-likeness (QED) is 0.767. The molecular weight excluding hydrogens is 277 g/mol. The largest absolute Gasteiger partial charge is 0.384 e. The van der Waals surface area contributed by atoms with E-state index in [1.54, 1.807) is 0 Å². The second kappa shape index (κ2) is 3.45. The van der Waals surface area contributed by atoms with Gasteiger partial charge in [-0.25, -0.2) is 0 Å². The van der Waals surface area contributed by atoms with Crippen LogP contribution in [0.5, 0.6) is 0 Å². The summed E-state index contributed by atoms with van der Waals surface area (Å²) in [5, 5.41) is 2.01. The molecule has 1 aliphatic rings. The fourth-order valence-electron chi connectivity index (χ4n) is 1.23. The molecule has 0 fully saturated rings. The van der Waals surface area contributed by atoms with Crippen LogP contribution in [-0.4, -0.2) is 6.54 Å². The molecule has 1 aromatic rings. The SMILES string of the molecule is NC1=CCN(c2ccc(I)cc2)N1. The van der Waals surface area contributed by atoms with Crippen molar-refractivity contribution in [2.45, 2.75) is 0 Å². The molecule has 0 bridgehead atoms. The van der Waals surface area contributed by atoms with Crippen molar-refractivity contribution in [1.82, 2.24) is 5.43 Å². The summed E-state index contributed by atoms with van der Waals surface area (Å²) in [4.78, 5) is 0. The monoisotopic (exact) mass is 287 g/mol. The van der Waals surface area contributed by atoms with Gasteiger partial charge in [-0.15, -0.1) is 0 Å². The molecule has 2 rings (SSSR count). The zero-order valence-electron chi connectivity index (χ0n) is 7.00. The fourth-order valence-corrected chi connectivity index (χ4v) is 1.59. The standard InChI is InChI=1S/C9H10IN3/c10-7-1-3-8(4-2-7)13-6-5-9(11)12-13/h1-5,12H,6,11H2. The van der Waals surface area contributed by atoms with Crippen LogP contribution >= 0.6 is 22.6 Å². The summed E-state index contributed by atoms with van der Waals surface area (Å²) in [7, 11) is 0. The Morgan fingerprint density at radius 3 is 2.54 bits per heavy atom. The lowest BCUT2D eigenvalue weighted by Crippen LogP contribution is -2.33. The van der Waals surface area contributed by atoms with E-state index in [2.05, 4.69) is 52.3 Å². The number of hydrogen-bond donors (Lipinski definition) is 2. The molecule has 3 N–H and O–H groups in total. The number of rotatable bonds is 1. The molecule has 1 heterocycles. The number of hydrogen-bond acceptors (Lipinski definition) is 3. The summed E-state index contributed by atoms with van der Waals surface area (Å²) in [6.07, 6.45) is 1.96. The first-order valence-electron chi connectivity index (χ1n) is 4.01. The summed E-state index contributed by atoms with van der Waals surface area (Å²) >= 11 is 2.29. The minimum absolute atomic E-state index is 0.721. The third kappa shape index (κ3) is 1.88. The molecule has 0 aliphatic carbocycles. The van der Waals surface area contributed by atoms with Gasteiger partial charge in [0.15, 0.2) is 0 Å². The van der Waals surface area contributed by atoms with Crippen molar-refractivity contribution < 1.29 is 0 Å². The van der Waals surface area contributed by atoms with Gasteiger partial charge in [0.1, 0.15) is 5.82 Å². The maximum atomic E-state index is 5.60. The minimum Gasteiger partial charge on any atom is -0.384 e. The number of benzene rings is 1. The molecule has 0 aromatic heterocycles. The smallest absolute Gasteiger partial charge is 0.113 e. The number of halogens is 1. The number of anilines is 1. The van der Waals surface area contributed by atoms with E-state index < -0.39 is 0 Å². The second-order valence-electron chi connectivity index (χ2n) is 2.86. The maximum absolute atomic E-state index is 5.60. The van der Waals surface area contributed by atoms with Gasteiger partial charge in [-0.1, -0.05) is 0 Å². The van der Waals surface area contributed by atoms with Crippen molar-refractivity contribution in [2.75, 3.05) is 11.6 Å². The normalized spacial score (nSPS) is 15.5. The Morgan fingerprint density at radius 1 is 1.31 bits per heavy atom. The topological polar surface area (TPSA) is 41.3 Å². The molecule has 0 saturated carbocycles. The number of nitrogens with one attached hydrogen (secondary N) is 1. The first-order chi connectivity index (χ1) is 6.25. The van der Waals surface area contributed by atoms with Crippen LogP contribution in [0.15, 0.2) is 36.2 Å². The zero-order valence-corrected chi connectivity index (χ0v) is 9.15. The number of nitrogens with zero attached hydrogens (tertiary/aromatic N) is 1. The first kappa shape index (κ1) is 8.68. The van der Waals surface area contributed by atoms with Crippen molar-refractivity contribution >= 4 is 28.3 Å². The third-order valence-electron chi connectivity index (χ3n) is 1.90. The van der Waals surface area contributed by atoms with Gasteiger partial charge < -0.3 is 5.73 Å². The zero-order chi connectivity index (χ0) is 9.26. The lowest BCUT2D eigenvalue weighted by Gasteiger charge is -2.19. The highest BCUT2D eigenvalue weighted by molar-refractivity contribution is 14.1. The van der Waals surface area contributed by atoms with Crippen molar-refractivity contribution in [3.8, 4) is 0 Å². The Balaban J connectivity index is 2.14. The Labute approximate surface area is 90.7 Å². The van der Waals surface area contributed by atoms with E-state index in [9.17, 15) is 0 Å². The van der Waals surface area contributed by atoms with Crippen LogP contribution < -0.4 is 16.2 Å². The molecule has 13 heavy (non-hydrogen) atoms. The maximum Gasteiger partial charge on any atom is 0.113 e. The van der Waals surface area contributed by atoms with Gasteiger partial charge >= 0.3 is 0 Å². The molecule has 68 valence electrons. The van der Waals surface area contributed by atoms with Crippen LogP contribution in [0, 0.1) is 3.57 Å². The van der Waals surface area contributed by atoms with Gasteiger partial charge in [-0.2, -0.15) is 0 Å². The Hall–Kier alpha value is -0.910. The van der Waals surface area contributed by atoms with Gasteiger partial charge in [0, 0.05) is 3.57 Å². The van der Waals surface area contributed by atoms with Gasteiger partial charge in [0.2, 0.25) is 0 Å². The van der Waals surface area contributed by atoms with Gasteiger partial charge in [-0.05, 0) is 52.9 Å². The van der Waals surface area contributed by atoms with E-state index in [0.717, 1.165) is 18.1 Å². The molecule has 1 aliphatic heterocycles. The summed E-state index contributed by atoms with van der Waals surface area (Å²) in [6.45, 7) is 0.826. The minimum atomic E-state index is 0.721. The lowest BCUT2D eigenvalue weighted by atomic mass is 10.3. The van der Waals surface area contributed by atoms with Crippen molar-refractivity contribution in [3.63, 3.8) is 0 Å². The summed E-state index contributed by atoms with van der Waals surface area (Å²) in [5.74, 6) is 0.721. The first-order valence-corrected chi connectivity index (χ1v) is 5.09. The molecule has 1 aromatic carbocycles. The van der Waals surface area contributed by atoms with Crippen molar-refractivity contribution in [2.24, 2.45) is 5.73 Å². The number of nitrogens with two attached hydrogens (primary N) is 1. The molecule has 0 atom stereocenters. The predicted octanol–water partition coefficient (Wildman–Crippen LogP) is 1.42. The van der Waals surface area contributed by atoms with E-state index in [0.29, 0.717) is 0 Å². The van der Waals surface area contributed by atoms with Crippen LogP contribution in [-0.2, 0) is 0 Å². The highest BCUT2D eigenvalue weighted by Crippen LogP contribution is 2.16. The van der Waals surface area contributed by atoms with Crippen LogP contribution in [0.3, 0.4) is 0 Å². The average molecular weight is 287 g/mol. The summed E-state index contributed by atoms with van der Waals surface area (Å²) in [5.41, 5.74) is 9.79. The highest BCUT2D eigenvalue weighted by Gasteiger charge is 2.10. The molecule has 0 saturated heterocycles. The van der Waals surface area contributed by atoms with Crippen molar-refractivity contribution in [3.05, 3.63) is 39.7 Å². The number of hydrazine groups is 1. The third-order valence-corrected chi connectivity index (χ3v) is 2.62. The molecule has 0 unspecified atom stereocenters. The molecule has 0 radical (unpaired) electrons. The van der Waals surface area contributed by atoms with Gasteiger partial charge in [0.05, 0.1) is 12.2 Å². The van der Waals surface area contributed by atoms with Crippen LogP contribution in [0.2, 0.25) is 0 Å². The fraction of sp³-hybridized carbons (Fsp3) is 0.111. The van der Waals surface area contributed by atoms with E-state index in [4.69, 9.17) is 5.73 Å². The van der Waals surface area contributed by atoms with Crippen molar-refractivity contribution in [1.29, 1.82) is 0 Å². The Morgan fingerprint density at radius 2 is 2.00 bits per heavy atom. The average Bonchev–Trinajstić information content (AvgIpc) is 2.53. The molecule has 0 spiro atoms. The molecular formula is C9H10IN3. The van der Waals surface area contributed by atoms with E-state index in [1.807, 2.05) is 11.1 Å². The Bertz CT molecular complexity index is 331. The lowest BCUT2D eigenvalue weighted by molar-refractivity contribution is 0.797. The highest BCUT2D eigenvalue weighted by atomic mass is 127. The van der Waals surface area contributed by atoms with E-state index in [-0.39, 0.29) is 0 Å². The predicted molar refractivity (Wildman–Crippen MR) is 61.9 cm³/mol. The molecule has 0 amide bonds. The van der Waals surface area contributed by atoms with Crippen LogP contribution in [0.25, 0.3) is 0 Å². The van der Waals surface area contributed by atoms with Gasteiger partial charge in [0.25, 0.3) is 0 Å². The van der Waals surface area contributed by atoms with E-state index >= 15 is 0 Å². The molecule has 4 heteroatoms. The second-order valence-corrected chi connectivity index (χ2v) is 4.10. The summed E-state index contributed by atoms with van der Waals surface area (Å²) in [6, 6.07) is 8.29. The van der Waals surface area contributed by atoms with E-state index in [1.165, 1.54) is 3.57 Å². The van der Waals surface area contributed by atoms with Crippen LogP contribution in [0.1, 0.15) is 0 Å².